The molecule has 4 rings (SSSR count). The van der Waals surface area contributed by atoms with Gasteiger partial charge in [-0.05, 0) is 43.0 Å². The zero-order valence-electron chi connectivity index (χ0n) is 13.8. The highest BCUT2D eigenvalue weighted by Crippen LogP contribution is 2.30. The highest BCUT2D eigenvalue weighted by molar-refractivity contribution is 8.00. The summed E-state index contributed by atoms with van der Waals surface area (Å²) in [5.41, 5.74) is 4.61. The maximum Gasteiger partial charge on any atom is 0.228 e. The number of carbonyl (C=O) groups excluding carboxylic acids is 1. The van der Waals surface area contributed by atoms with Gasteiger partial charge in [-0.1, -0.05) is 23.9 Å². The Hall–Kier alpha value is -2.31. The van der Waals surface area contributed by atoms with Crippen LogP contribution in [0.4, 0.5) is 5.69 Å². The van der Waals surface area contributed by atoms with Crippen molar-refractivity contribution in [1.29, 1.82) is 0 Å². The van der Waals surface area contributed by atoms with Crippen LogP contribution in [-0.4, -0.2) is 17.1 Å². The average molecular weight is 368 g/mol. The van der Waals surface area contributed by atoms with Gasteiger partial charge in [0.1, 0.15) is 5.58 Å². The van der Waals surface area contributed by atoms with Gasteiger partial charge >= 0.3 is 0 Å². The van der Waals surface area contributed by atoms with Crippen molar-refractivity contribution >= 4 is 55.9 Å². The summed E-state index contributed by atoms with van der Waals surface area (Å²) >= 11 is 3.26. The highest BCUT2D eigenvalue weighted by atomic mass is 32.2. The number of fused-ring (bicyclic) bond motifs is 2. The number of benzene rings is 2. The maximum absolute atomic E-state index is 12.4. The summed E-state index contributed by atoms with van der Waals surface area (Å²) in [5, 5.41) is 3.96. The van der Waals surface area contributed by atoms with E-state index in [1.165, 1.54) is 0 Å². The topological polar surface area (TPSA) is 55.1 Å². The predicted molar refractivity (Wildman–Crippen MR) is 105 cm³/mol. The lowest BCUT2D eigenvalue weighted by atomic mass is 10.1. The molecule has 1 N–H and O–H groups in total. The molecule has 126 valence electrons. The second kappa shape index (κ2) is 6.54. The highest BCUT2D eigenvalue weighted by Gasteiger charge is 2.12. The van der Waals surface area contributed by atoms with Gasteiger partial charge in [-0.15, -0.1) is 11.3 Å². The zero-order valence-corrected chi connectivity index (χ0v) is 15.5. The van der Waals surface area contributed by atoms with Crippen molar-refractivity contribution in [3.8, 4) is 0 Å². The molecule has 0 aliphatic carbocycles. The monoisotopic (exact) mass is 368 g/mol. The molecule has 0 aliphatic rings. The van der Waals surface area contributed by atoms with E-state index < -0.39 is 0 Å². The van der Waals surface area contributed by atoms with Crippen LogP contribution in [0.2, 0.25) is 0 Å². The molecule has 0 fully saturated rings. The minimum absolute atomic E-state index is 0.0581. The molecule has 0 aliphatic heterocycles. The van der Waals surface area contributed by atoms with E-state index in [9.17, 15) is 4.79 Å². The molecular weight excluding hydrogens is 352 g/mol. The van der Waals surface area contributed by atoms with Gasteiger partial charge in [-0.25, -0.2) is 4.98 Å². The molecule has 0 unspecified atom stereocenters. The van der Waals surface area contributed by atoms with E-state index in [0.29, 0.717) is 0 Å². The smallest absolute Gasteiger partial charge is 0.228 e. The number of hydrogen-bond acceptors (Lipinski definition) is 5. The first kappa shape index (κ1) is 16.2. The molecule has 4 nitrogen and oxygen atoms in total. The molecule has 2 aromatic carbocycles. The number of thiazole rings is 1. The third kappa shape index (κ3) is 3.27. The number of aromatic nitrogens is 1. The number of thioether (sulfide) groups is 1. The molecule has 0 atom stereocenters. The molecule has 0 spiro atoms. The Kier molecular flexibility index (Phi) is 4.23. The van der Waals surface area contributed by atoms with Crippen LogP contribution >= 0.6 is 23.1 Å². The number of amides is 1. The van der Waals surface area contributed by atoms with E-state index in [-0.39, 0.29) is 12.3 Å². The number of nitrogens with zero attached hydrogens (tertiary/aromatic N) is 1. The predicted octanol–water partition coefficient (Wildman–Crippen LogP) is 5.25. The molecule has 0 bridgehead atoms. The molecule has 0 saturated heterocycles. The van der Waals surface area contributed by atoms with E-state index in [1.54, 1.807) is 29.4 Å². The number of hydrogen-bond donors (Lipinski definition) is 1. The Balaban J connectivity index is 1.53. The quantitative estimate of drug-likeness (QED) is 0.500. The largest absolute Gasteiger partial charge is 0.464 e. The maximum atomic E-state index is 12.4. The normalized spacial score (nSPS) is 11.3. The Morgan fingerprint density at radius 3 is 3.00 bits per heavy atom. The van der Waals surface area contributed by atoms with Gasteiger partial charge in [-0.2, -0.15) is 0 Å². The number of anilines is 1. The molecule has 0 radical (unpaired) electrons. The number of aryl methyl sites for hydroxylation is 1. The van der Waals surface area contributed by atoms with Crippen molar-refractivity contribution < 1.29 is 9.21 Å². The van der Waals surface area contributed by atoms with Crippen molar-refractivity contribution in [2.45, 2.75) is 17.7 Å². The molecule has 6 heteroatoms. The van der Waals surface area contributed by atoms with E-state index in [1.807, 2.05) is 49.6 Å². The van der Waals surface area contributed by atoms with Crippen LogP contribution < -0.4 is 5.32 Å². The van der Waals surface area contributed by atoms with Crippen molar-refractivity contribution in [2.75, 3.05) is 11.6 Å². The van der Waals surface area contributed by atoms with Crippen molar-refractivity contribution in [2.24, 2.45) is 0 Å². The van der Waals surface area contributed by atoms with Crippen LogP contribution in [0.1, 0.15) is 11.1 Å². The van der Waals surface area contributed by atoms with E-state index in [0.717, 1.165) is 42.3 Å². The fourth-order valence-corrected chi connectivity index (χ4v) is 4.30. The van der Waals surface area contributed by atoms with E-state index in [2.05, 4.69) is 10.3 Å². The Bertz CT molecular complexity index is 1080. The SMILES string of the molecule is CSc1nc2ccc(NC(=O)Cc3coc4cc(C)ccc34)cc2s1. The van der Waals surface area contributed by atoms with Crippen LogP contribution in [0.3, 0.4) is 0 Å². The summed E-state index contributed by atoms with van der Waals surface area (Å²) in [7, 11) is 0. The van der Waals surface area contributed by atoms with Gasteiger partial charge in [0.05, 0.1) is 22.9 Å². The summed E-state index contributed by atoms with van der Waals surface area (Å²) in [6, 6.07) is 11.8. The minimum atomic E-state index is -0.0581. The van der Waals surface area contributed by atoms with E-state index >= 15 is 0 Å². The van der Waals surface area contributed by atoms with Gasteiger partial charge in [0, 0.05) is 16.6 Å². The molecule has 1 amide bonds. The zero-order chi connectivity index (χ0) is 17.4. The summed E-state index contributed by atoms with van der Waals surface area (Å²) < 4.78 is 7.67. The molecule has 0 saturated carbocycles. The third-order valence-corrected chi connectivity index (χ3v) is 5.99. The Morgan fingerprint density at radius 2 is 2.16 bits per heavy atom. The number of carbonyl (C=O) groups is 1. The van der Waals surface area contributed by atoms with Crippen LogP contribution in [-0.2, 0) is 11.2 Å². The number of rotatable bonds is 4. The second-order valence-corrected chi connectivity index (χ2v) is 7.94. The lowest BCUT2D eigenvalue weighted by Gasteiger charge is -2.04. The van der Waals surface area contributed by atoms with Gasteiger partial charge in [-0.3, -0.25) is 4.79 Å². The van der Waals surface area contributed by atoms with Gasteiger partial charge in [0.25, 0.3) is 0 Å². The first-order valence-corrected chi connectivity index (χ1v) is 9.87. The van der Waals surface area contributed by atoms with Crippen LogP contribution in [0.25, 0.3) is 21.2 Å². The van der Waals surface area contributed by atoms with E-state index in [4.69, 9.17) is 4.42 Å². The average Bonchev–Trinajstić information content (AvgIpc) is 3.18. The summed E-state index contributed by atoms with van der Waals surface area (Å²) in [4.78, 5) is 16.9. The fourth-order valence-electron chi connectivity index (χ4n) is 2.77. The Morgan fingerprint density at radius 1 is 1.28 bits per heavy atom. The van der Waals surface area contributed by atoms with Crippen LogP contribution in [0.15, 0.2) is 51.4 Å². The first-order valence-electron chi connectivity index (χ1n) is 7.83. The molecule has 2 heterocycles. The standard InChI is InChI=1S/C19H16N2O2S2/c1-11-3-5-14-12(10-23-16(14)7-11)8-18(22)20-13-4-6-15-17(9-13)25-19(21-15)24-2/h3-7,9-10H,8H2,1-2H3,(H,20,22). The van der Waals surface area contributed by atoms with Gasteiger partial charge in [0.2, 0.25) is 5.91 Å². The second-order valence-electron chi connectivity index (χ2n) is 5.85. The summed E-state index contributed by atoms with van der Waals surface area (Å²) in [6.07, 6.45) is 3.96. The fraction of sp³-hybridized carbons (Fsp3) is 0.158. The number of nitrogens with one attached hydrogen (secondary N) is 1. The lowest BCUT2D eigenvalue weighted by Crippen LogP contribution is -2.14. The Labute approximate surface area is 153 Å². The van der Waals surface area contributed by atoms with Crippen LogP contribution in [0.5, 0.6) is 0 Å². The minimum Gasteiger partial charge on any atom is -0.464 e. The van der Waals surface area contributed by atoms with Gasteiger partial charge < -0.3 is 9.73 Å². The molecular formula is C19H16N2O2S2. The third-order valence-electron chi connectivity index (χ3n) is 3.99. The van der Waals surface area contributed by atoms with Crippen LogP contribution in [0, 0.1) is 6.92 Å². The van der Waals surface area contributed by atoms with Gasteiger partial charge in [0.15, 0.2) is 4.34 Å². The molecule has 25 heavy (non-hydrogen) atoms. The number of furan rings is 1. The molecule has 4 aromatic rings. The first-order chi connectivity index (χ1) is 12.1. The van der Waals surface area contributed by atoms with Crippen molar-refractivity contribution in [1.82, 2.24) is 4.98 Å². The summed E-state index contributed by atoms with van der Waals surface area (Å²) in [5.74, 6) is -0.0581. The summed E-state index contributed by atoms with van der Waals surface area (Å²) in [6.45, 7) is 2.02. The lowest BCUT2D eigenvalue weighted by molar-refractivity contribution is -0.115. The van der Waals surface area contributed by atoms with Crippen molar-refractivity contribution in [3.63, 3.8) is 0 Å². The molecule has 2 aromatic heterocycles. The van der Waals surface area contributed by atoms with Crippen molar-refractivity contribution in [3.05, 3.63) is 53.8 Å².